The zero-order valence-electron chi connectivity index (χ0n) is 9.82. The summed E-state index contributed by atoms with van der Waals surface area (Å²) in [6.45, 7) is 0. The van der Waals surface area contributed by atoms with Crippen LogP contribution in [-0.2, 0) is 11.2 Å². The molecule has 0 radical (unpaired) electrons. The SMILES string of the molecule is O=C(CCc1ccco1)NC1CCC(Br)CC1. The predicted molar refractivity (Wildman–Crippen MR) is 70.1 cm³/mol. The molecular weight excluding hydrogens is 282 g/mol. The molecule has 1 heterocycles. The number of alkyl halides is 1. The predicted octanol–water partition coefficient (Wildman–Crippen LogP) is 3.03. The third-order valence-corrected chi connectivity index (χ3v) is 4.12. The van der Waals surface area contributed by atoms with Gasteiger partial charge in [0, 0.05) is 23.7 Å². The van der Waals surface area contributed by atoms with Crippen molar-refractivity contribution in [3.63, 3.8) is 0 Å². The van der Waals surface area contributed by atoms with Gasteiger partial charge in [-0.2, -0.15) is 0 Å². The maximum absolute atomic E-state index is 11.7. The van der Waals surface area contributed by atoms with E-state index in [9.17, 15) is 4.79 Å². The lowest BCUT2D eigenvalue weighted by Gasteiger charge is -2.25. The fourth-order valence-electron chi connectivity index (χ4n) is 2.19. The largest absolute Gasteiger partial charge is 0.469 e. The minimum Gasteiger partial charge on any atom is -0.469 e. The van der Waals surface area contributed by atoms with E-state index in [-0.39, 0.29) is 5.91 Å². The van der Waals surface area contributed by atoms with Gasteiger partial charge >= 0.3 is 0 Å². The second kappa shape index (κ2) is 6.24. The van der Waals surface area contributed by atoms with Gasteiger partial charge in [0.15, 0.2) is 0 Å². The van der Waals surface area contributed by atoms with Crippen molar-refractivity contribution in [1.29, 1.82) is 0 Å². The highest BCUT2D eigenvalue weighted by atomic mass is 79.9. The normalized spacial score (nSPS) is 24.5. The molecule has 0 aromatic carbocycles. The first-order chi connectivity index (χ1) is 8.24. The summed E-state index contributed by atoms with van der Waals surface area (Å²) in [5, 5.41) is 3.10. The van der Waals surface area contributed by atoms with Crippen LogP contribution in [0, 0.1) is 0 Å². The molecule has 0 bridgehead atoms. The van der Waals surface area contributed by atoms with Crippen molar-refractivity contribution in [2.45, 2.75) is 49.4 Å². The molecule has 1 amide bonds. The van der Waals surface area contributed by atoms with Gasteiger partial charge in [0.1, 0.15) is 5.76 Å². The zero-order chi connectivity index (χ0) is 12.1. The summed E-state index contributed by atoms with van der Waals surface area (Å²) >= 11 is 3.61. The number of hydrogen-bond acceptors (Lipinski definition) is 2. The van der Waals surface area contributed by atoms with E-state index in [1.807, 2.05) is 12.1 Å². The average molecular weight is 300 g/mol. The Kier molecular flexibility index (Phi) is 4.66. The van der Waals surface area contributed by atoms with Crippen LogP contribution in [0.5, 0.6) is 0 Å². The maximum atomic E-state index is 11.7. The van der Waals surface area contributed by atoms with Gasteiger partial charge in [-0.05, 0) is 37.8 Å². The Hall–Kier alpha value is -0.770. The van der Waals surface area contributed by atoms with Crippen LogP contribution in [0.15, 0.2) is 22.8 Å². The van der Waals surface area contributed by atoms with Gasteiger partial charge in [-0.1, -0.05) is 15.9 Å². The molecule has 0 spiro atoms. The Morgan fingerprint density at radius 3 is 2.82 bits per heavy atom. The Labute approximate surface area is 110 Å². The molecule has 1 saturated carbocycles. The Bertz CT molecular complexity index is 342. The number of rotatable bonds is 4. The van der Waals surface area contributed by atoms with E-state index in [1.54, 1.807) is 6.26 Å². The molecule has 0 saturated heterocycles. The summed E-state index contributed by atoms with van der Waals surface area (Å²) in [5.41, 5.74) is 0. The summed E-state index contributed by atoms with van der Waals surface area (Å²) in [6.07, 6.45) is 7.33. The summed E-state index contributed by atoms with van der Waals surface area (Å²) in [4.78, 5) is 12.4. The molecule has 1 aromatic rings. The topological polar surface area (TPSA) is 42.2 Å². The lowest BCUT2D eigenvalue weighted by Crippen LogP contribution is -2.37. The average Bonchev–Trinajstić information content (AvgIpc) is 2.83. The lowest BCUT2D eigenvalue weighted by atomic mass is 9.95. The van der Waals surface area contributed by atoms with Crippen LogP contribution in [0.2, 0.25) is 0 Å². The van der Waals surface area contributed by atoms with E-state index >= 15 is 0 Å². The second-order valence-electron chi connectivity index (χ2n) is 4.60. The van der Waals surface area contributed by atoms with Crippen LogP contribution in [0.25, 0.3) is 0 Å². The summed E-state index contributed by atoms with van der Waals surface area (Å²) < 4.78 is 5.20. The van der Waals surface area contributed by atoms with Crippen molar-refractivity contribution in [3.8, 4) is 0 Å². The monoisotopic (exact) mass is 299 g/mol. The van der Waals surface area contributed by atoms with Gasteiger partial charge in [0.25, 0.3) is 0 Å². The molecule has 1 aliphatic carbocycles. The van der Waals surface area contributed by atoms with Crippen LogP contribution in [0.4, 0.5) is 0 Å². The summed E-state index contributed by atoms with van der Waals surface area (Å²) in [5.74, 6) is 1.02. The van der Waals surface area contributed by atoms with E-state index < -0.39 is 0 Å². The van der Waals surface area contributed by atoms with Gasteiger partial charge in [-0.3, -0.25) is 4.79 Å². The molecule has 1 aliphatic rings. The van der Waals surface area contributed by atoms with Gasteiger partial charge in [0.2, 0.25) is 5.91 Å². The molecule has 0 atom stereocenters. The van der Waals surface area contributed by atoms with Crippen LogP contribution in [0.1, 0.15) is 37.9 Å². The first-order valence-corrected chi connectivity index (χ1v) is 7.11. The molecule has 4 heteroatoms. The highest BCUT2D eigenvalue weighted by Crippen LogP contribution is 2.24. The number of amides is 1. The molecule has 94 valence electrons. The number of hydrogen-bond donors (Lipinski definition) is 1. The Morgan fingerprint density at radius 1 is 1.41 bits per heavy atom. The highest BCUT2D eigenvalue weighted by molar-refractivity contribution is 9.09. The van der Waals surface area contributed by atoms with Crippen LogP contribution in [-0.4, -0.2) is 16.8 Å². The van der Waals surface area contributed by atoms with E-state index in [2.05, 4.69) is 21.2 Å². The molecule has 1 N–H and O–H groups in total. The highest BCUT2D eigenvalue weighted by Gasteiger charge is 2.20. The van der Waals surface area contributed by atoms with E-state index in [0.717, 1.165) is 31.4 Å². The molecule has 2 rings (SSSR count). The van der Waals surface area contributed by atoms with Gasteiger partial charge in [0.05, 0.1) is 6.26 Å². The smallest absolute Gasteiger partial charge is 0.220 e. The first kappa shape index (κ1) is 12.7. The third-order valence-electron chi connectivity index (χ3n) is 3.20. The minimum atomic E-state index is 0.138. The summed E-state index contributed by atoms with van der Waals surface area (Å²) in [6, 6.07) is 4.13. The van der Waals surface area contributed by atoms with E-state index in [1.165, 1.54) is 0 Å². The molecule has 0 aliphatic heterocycles. The number of aryl methyl sites for hydroxylation is 1. The lowest BCUT2D eigenvalue weighted by molar-refractivity contribution is -0.122. The van der Waals surface area contributed by atoms with Crippen LogP contribution < -0.4 is 5.32 Å². The molecule has 3 nitrogen and oxygen atoms in total. The number of nitrogens with one attached hydrogen (secondary N) is 1. The van der Waals surface area contributed by atoms with Crippen molar-refractivity contribution in [1.82, 2.24) is 5.32 Å². The quantitative estimate of drug-likeness (QED) is 0.868. The van der Waals surface area contributed by atoms with E-state index in [0.29, 0.717) is 23.7 Å². The van der Waals surface area contributed by atoms with Gasteiger partial charge in [-0.15, -0.1) is 0 Å². The third kappa shape index (κ3) is 4.19. The van der Waals surface area contributed by atoms with Crippen molar-refractivity contribution in [2.24, 2.45) is 0 Å². The molecular formula is C13H18BrNO2. The fraction of sp³-hybridized carbons (Fsp3) is 0.615. The van der Waals surface area contributed by atoms with E-state index in [4.69, 9.17) is 4.42 Å². The standard InChI is InChI=1S/C13H18BrNO2/c14-10-3-5-11(6-4-10)15-13(16)8-7-12-2-1-9-17-12/h1-2,9-11H,3-8H2,(H,15,16). The van der Waals surface area contributed by atoms with Crippen molar-refractivity contribution < 1.29 is 9.21 Å². The van der Waals surface area contributed by atoms with Crippen LogP contribution >= 0.6 is 15.9 Å². The molecule has 0 unspecified atom stereocenters. The number of carbonyl (C=O) groups is 1. The number of halogens is 1. The van der Waals surface area contributed by atoms with Gasteiger partial charge in [-0.25, -0.2) is 0 Å². The molecule has 1 fully saturated rings. The first-order valence-electron chi connectivity index (χ1n) is 6.20. The number of furan rings is 1. The minimum absolute atomic E-state index is 0.138. The van der Waals surface area contributed by atoms with Gasteiger partial charge < -0.3 is 9.73 Å². The molecule has 1 aromatic heterocycles. The van der Waals surface area contributed by atoms with Crippen LogP contribution in [0.3, 0.4) is 0 Å². The maximum Gasteiger partial charge on any atom is 0.220 e. The Morgan fingerprint density at radius 2 is 2.18 bits per heavy atom. The Balaban J connectivity index is 1.67. The second-order valence-corrected chi connectivity index (χ2v) is 5.89. The van der Waals surface area contributed by atoms with Crippen molar-refractivity contribution in [2.75, 3.05) is 0 Å². The molecule has 17 heavy (non-hydrogen) atoms. The van der Waals surface area contributed by atoms with Crippen molar-refractivity contribution >= 4 is 21.8 Å². The zero-order valence-corrected chi connectivity index (χ0v) is 11.4. The fourth-order valence-corrected chi connectivity index (χ4v) is 2.72. The van der Waals surface area contributed by atoms with Crippen molar-refractivity contribution in [3.05, 3.63) is 24.2 Å². The summed E-state index contributed by atoms with van der Waals surface area (Å²) in [7, 11) is 0. The number of carbonyl (C=O) groups excluding carboxylic acids is 1.